The molecule has 7 nitrogen and oxygen atoms in total. The fourth-order valence-corrected chi connectivity index (χ4v) is 2.51. The lowest BCUT2D eigenvalue weighted by Crippen LogP contribution is -2.55. The molecule has 21 heavy (non-hydrogen) atoms. The summed E-state index contributed by atoms with van der Waals surface area (Å²) in [5, 5.41) is 11.9. The Morgan fingerprint density at radius 1 is 1.29 bits per heavy atom. The van der Waals surface area contributed by atoms with Crippen molar-refractivity contribution in [1.82, 2.24) is 10.2 Å². The van der Waals surface area contributed by atoms with Crippen molar-refractivity contribution < 1.29 is 24.2 Å². The van der Waals surface area contributed by atoms with Crippen molar-refractivity contribution in [2.45, 2.75) is 6.04 Å². The molecule has 1 atom stereocenters. The molecule has 0 bridgehead atoms. The first-order chi connectivity index (χ1) is 10.2. The zero-order chi connectivity index (χ0) is 14.8. The first kappa shape index (κ1) is 13.7. The molecule has 0 aliphatic carbocycles. The Labute approximate surface area is 121 Å². The quantitative estimate of drug-likeness (QED) is 0.795. The lowest BCUT2D eigenvalue weighted by Gasteiger charge is -2.32. The third kappa shape index (κ3) is 2.64. The minimum atomic E-state index is -0.956. The average molecular weight is 292 g/mol. The Morgan fingerprint density at radius 3 is 2.90 bits per heavy atom. The summed E-state index contributed by atoms with van der Waals surface area (Å²) < 4.78 is 11.0. The number of nitrogens with zero attached hydrogens (tertiary/aromatic N) is 1. The van der Waals surface area contributed by atoms with Crippen molar-refractivity contribution >= 4 is 11.9 Å². The van der Waals surface area contributed by atoms with Gasteiger partial charge in [-0.15, -0.1) is 0 Å². The summed E-state index contributed by atoms with van der Waals surface area (Å²) in [5.41, 5.74) is 0.415. The summed E-state index contributed by atoms with van der Waals surface area (Å²) in [7, 11) is 0. The summed E-state index contributed by atoms with van der Waals surface area (Å²) in [6.45, 7) is 1.91. The van der Waals surface area contributed by atoms with Gasteiger partial charge in [0.05, 0.1) is 5.56 Å². The Balaban J connectivity index is 1.83. The topological polar surface area (TPSA) is 88.1 Å². The largest absolute Gasteiger partial charge is 0.486 e. The van der Waals surface area contributed by atoms with E-state index >= 15 is 0 Å². The van der Waals surface area contributed by atoms with Crippen LogP contribution in [0.3, 0.4) is 0 Å². The number of hydrogen-bond acceptors (Lipinski definition) is 5. The van der Waals surface area contributed by atoms with Gasteiger partial charge in [0.25, 0.3) is 5.91 Å². The van der Waals surface area contributed by atoms with E-state index in [0.717, 1.165) is 0 Å². The summed E-state index contributed by atoms with van der Waals surface area (Å²) in [6.07, 6.45) is 0. The van der Waals surface area contributed by atoms with E-state index in [-0.39, 0.29) is 12.5 Å². The fraction of sp³-hybridized carbons (Fsp3) is 0.429. The van der Waals surface area contributed by atoms with Crippen LogP contribution < -0.4 is 14.8 Å². The monoisotopic (exact) mass is 292 g/mol. The molecule has 2 heterocycles. The number of carboxylic acid groups (broad SMARTS) is 1. The van der Waals surface area contributed by atoms with Crippen molar-refractivity contribution in [3.63, 3.8) is 0 Å². The van der Waals surface area contributed by atoms with E-state index < -0.39 is 12.0 Å². The highest BCUT2D eigenvalue weighted by Crippen LogP contribution is 2.34. The van der Waals surface area contributed by atoms with Crippen molar-refractivity contribution in [2.75, 3.05) is 32.8 Å². The van der Waals surface area contributed by atoms with Gasteiger partial charge in [-0.2, -0.15) is 0 Å². The number of hydrogen-bond donors (Lipinski definition) is 2. The van der Waals surface area contributed by atoms with Crippen LogP contribution in [0.25, 0.3) is 0 Å². The molecule has 7 heteroatoms. The third-order valence-corrected chi connectivity index (χ3v) is 3.56. The molecule has 2 aliphatic rings. The highest BCUT2D eigenvalue weighted by molar-refractivity contribution is 5.98. The average Bonchev–Trinajstić information content (AvgIpc) is 2.53. The first-order valence-corrected chi connectivity index (χ1v) is 6.81. The van der Waals surface area contributed by atoms with Crippen molar-refractivity contribution in [2.24, 2.45) is 0 Å². The standard InChI is InChI=1S/C14H16N2O5/c17-13(16-5-4-15-10(8-16)14(18)19)9-2-1-3-11-12(9)21-7-6-20-11/h1-3,10,15H,4-8H2,(H,18,19)/t10-/m0/s1. The predicted octanol–water partition coefficient (Wildman–Crippen LogP) is -0.0436. The molecule has 1 fully saturated rings. The summed E-state index contributed by atoms with van der Waals surface area (Å²) in [6, 6.07) is 4.42. The van der Waals surface area contributed by atoms with E-state index in [1.165, 1.54) is 4.90 Å². The second-order valence-corrected chi connectivity index (χ2v) is 4.93. The molecule has 0 saturated carbocycles. The van der Waals surface area contributed by atoms with Crippen LogP contribution in [0.4, 0.5) is 0 Å². The van der Waals surface area contributed by atoms with Crippen LogP contribution >= 0.6 is 0 Å². The van der Waals surface area contributed by atoms with Crippen LogP contribution in [0.5, 0.6) is 11.5 Å². The molecule has 0 spiro atoms. The third-order valence-electron chi connectivity index (χ3n) is 3.56. The summed E-state index contributed by atoms with van der Waals surface area (Å²) >= 11 is 0. The fourth-order valence-electron chi connectivity index (χ4n) is 2.51. The molecule has 0 radical (unpaired) electrons. The molecule has 0 unspecified atom stereocenters. The SMILES string of the molecule is O=C(O)[C@@H]1CN(C(=O)c2cccc3c2OCCO3)CCN1. The Morgan fingerprint density at radius 2 is 2.10 bits per heavy atom. The highest BCUT2D eigenvalue weighted by atomic mass is 16.6. The van der Waals surface area contributed by atoms with Crippen LogP contribution in [-0.4, -0.2) is 60.8 Å². The molecule has 3 rings (SSSR count). The number of para-hydroxylation sites is 1. The van der Waals surface area contributed by atoms with Gasteiger partial charge in [0.15, 0.2) is 11.5 Å². The molecule has 1 aromatic rings. The number of carboxylic acids is 1. The minimum Gasteiger partial charge on any atom is -0.486 e. The molecule has 1 saturated heterocycles. The summed E-state index contributed by atoms with van der Waals surface area (Å²) in [5.74, 6) is -0.191. The number of carbonyl (C=O) groups excluding carboxylic acids is 1. The Bertz CT molecular complexity index is 574. The van der Waals surface area contributed by atoms with Gasteiger partial charge >= 0.3 is 5.97 Å². The van der Waals surface area contributed by atoms with Crippen LogP contribution in [0, 0.1) is 0 Å². The highest BCUT2D eigenvalue weighted by Gasteiger charge is 2.30. The van der Waals surface area contributed by atoms with Crippen molar-refractivity contribution in [1.29, 1.82) is 0 Å². The van der Waals surface area contributed by atoms with Crippen LogP contribution in [0.15, 0.2) is 18.2 Å². The first-order valence-electron chi connectivity index (χ1n) is 6.81. The number of amides is 1. The molecule has 2 N–H and O–H groups in total. The molecule has 2 aliphatic heterocycles. The number of piperazine rings is 1. The van der Waals surface area contributed by atoms with E-state index in [2.05, 4.69) is 5.32 Å². The Kier molecular flexibility index (Phi) is 3.66. The van der Waals surface area contributed by atoms with Gasteiger partial charge in [0.2, 0.25) is 0 Å². The van der Waals surface area contributed by atoms with E-state index in [4.69, 9.17) is 14.6 Å². The lowest BCUT2D eigenvalue weighted by atomic mass is 10.1. The number of rotatable bonds is 2. The van der Waals surface area contributed by atoms with Gasteiger partial charge in [0, 0.05) is 19.6 Å². The van der Waals surface area contributed by atoms with Gasteiger partial charge < -0.3 is 24.8 Å². The maximum absolute atomic E-state index is 12.6. The maximum Gasteiger partial charge on any atom is 0.322 e. The van der Waals surface area contributed by atoms with Gasteiger partial charge in [0.1, 0.15) is 19.3 Å². The van der Waals surface area contributed by atoms with E-state index in [1.807, 2.05) is 0 Å². The van der Waals surface area contributed by atoms with E-state index in [9.17, 15) is 9.59 Å². The number of carbonyl (C=O) groups is 2. The van der Waals surface area contributed by atoms with Gasteiger partial charge in [-0.05, 0) is 12.1 Å². The van der Waals surface area contributed by atoms with Crippen LogP contribution in [-0.2, 0) is 4.79 Å². The van der Waals surface area contributed by atoms with Gasteiger partial charge in [-0.3, -0.25) is 9.59 Å². The number of aliphatic carboxylic acids is 1. The normalized spacial score (nSPS) is 21.0. The number of nitrogens with one attached hydrogen (secondary N) is 1. The van der Waals surface area contributed by atoms with Crippen molar-refractivity contribution in [3.8, 4) is 11.5 Å². The molecular weight excluding hydrogens is 276 g/mol. The van der Waals surface area contributed by atoms with E-state index in [0.29, 0.717) is 43.4 Å². The van der Waals surface area contributed by atoms with E-state index in [1.54, 1.807) is 18.2 Å². The second kappa shape index (κ2) is 5.61. The zero-order valence-electron chi connectivity index (χ0n) is 11.4. The minimum absolute atomic E-state index is 0.138. The maximum atomic E-state index is 12.6. The number of fused-ring (bicyclic) bond motifs is 1. The van der Waals surface area contributed by atoms with Gasteiger partial charge in [-0.1, -0.05) is 6.07 Å². The number of ether oxygens (including phenoxy) is 2. The summed E-state index contributed by atoms with van der Waals surface area (Å²) in [4.78, 5) is 25.2. The second-order valence-electron chi connectivity index (χ2n) is 4.93. The van der Waals surface area contributed by atoms with Crippen molar-refractivity contribution in [3.05, 3.63) is 23.8 Å². The molecular formula is C14H16N2O5. The smallest absolute Gasteiger partial charge is 0.322 e. The molecule has 112 valence electrons. The van der Waals surface area contributed by atoms with Crippen LogP contribution in [0.2, 0.25) is 0 Å². The Hall–Kier alpha value is -2.28. The molecule has 1 amide bonds. The van der Waals surface area contributed by atoms with Crippen LogP contribution in [0.1, 0.15) is 10.4 Å². The molecule has 0 aromatic heterocycles. The predicted molar refractivity (Wildman–Crippen MR) is 72.8 cm³/mol. The van der Waals surface area contributed by atoms with Gasteiger partial charge in [-0.25, -0.2) is 0 Å². The zero-order valence-corrected chi connectivity index (χ0v) is 11.4. The molecule has 1 aromatic carbocycles. The number of benzene rings is 1. The lowest BCUT2D eigenvalue weighted by molar-refractivity contribution is -0.140.